The van der Waals surface area contributed by atoms with E-state index < -0.39 is 0 Å². The highest BCUT2D eigenvalue weighted by Crippen LogP contribution is 2.19. The third-order valence-corrected chi connectivity index (χ3v) is 4.45. The molecule has 0 amide bonds. The predicted octanol–water partition coefficient (Wildman–Crippen LogP) is 3.74. The third-order valence-electron chi connectivity index (χ3n) is 1.77. The molecular formula is C10H16BrNS2. The van der Waals surface area contributed by atoms with Crippen molar-refractivity contribution in [1.29, 1.82) is 0 Å². The Morgan fingerprint density at radius 1 is 1.57 bits per heavy atom. The average molecular weight is 294 g/mol. The Morgan fingerprint density at radius 3 is 3.07 bits per heavy atom. The van der Waals surface area contributed by atoms with E-state index in [4.69, 9.17) is 0 Å². The fourth-order valence-electron chi connectivity index (χ4n) is 1.10. The van der Waals surface area contributed by atoms with Crippen LogP contribution in [0.4, 0.5) is 0 Å². The second kappa shape index (κ2) is 7.74. The second-order valence-electron chi connectivity index (χ2n) is 2.96. The van der Waals surface area contributed by atoms with E-state index in [9.17, 15) is 0 Å². The summed E-state index contributed by atoms with van der Waals surface area (Å²) in [5.41, 5.74) is 0. The van der Waals surface area contributed by atoms with E-state index >= 15 is 0 Å². The van der Waals surface area contributed by atoms with Crippen LogP contribution >= 0.6 is 39.0 Å². The summed E-state index contributed by atoms with van der Waals surface area (Å²) >= 11 is 7.27. The van der Waals surface area contributed by atoms with E-state index in [1.165, 1.54) is 27.3 Å². The minimum atomic E-state index is 1.01. The molecule has 1 aromatic heterocycles. The molecule has 1 aromatic rings. The number of thiophene rings is 1. The molecule has 0 aliphatic rings. The quantitative estimate of drug-likeness (QED) is 0.769. The van der Waals surface area contributed by atoms with Crippen LogP contribution in [-0.4, -0.2) is 18.1 Å². The molecule has 0 saturated carbocycles. The van der Waals surface area contributed by atoms with Gasteiger partial charge in [-0.3, -0.25) is 0 Å². The Morgan fingerprint density at radius 2 is 2.43 bits per heavy atom. The molecule has 0 fully saturated rings. The van der Waals surface area contributed by atoms with Gasteiger partial charge in [-0.1, -0.05) is 6.92 Å². The molecule has 0 bridgehead atoms. The number of nitrogens with one attached hydrogen (secondary N) is 1. The molecular weight excluding hydrogens is 278 g/mol. The molecule has 1 N–H and O–H groups in total. The van der Waals surface area contributed by atoms with E-state index in [2.05, 4.69) is 39.6 Å². The predicted molar refractivity (Wildman–Crippen MR) is 71.3 cm³/mol. The van der Waals surface area contributed by atoms with E-state index in [1.807, 2.05) is 11.8 Å². The maximum absolute atomic E-state index is 3.45. The zero-order valence-electron chi connectivity index (χ0n) is 8.38. The maximum Gasteiger partial charge on any atom is 0.0300 e. The monoisotopic (exact) mass is 293 g/mol. The first-order chi connectivity index (χ1) is 6.83. The highest BCUT2D eigenvalue weighted by atomic mass is 79.9. The summed E-state index contributed by atoms with van der Waals surface area (Å²) in [6.45, 7) is 4.34. The van der Waals surface area contributed by atoms with Crippen LogP contribution < -0.4 is 5.32 Å². The lowest BCUT2D eigenvalue weighted by Gasteiger charge is -2.01. The molecule has 1 rings (SSSR count). The highest BCUT2D eigenvalue weighted by molar-refractivity contribution is 9.10. The molecule has 0 aromatic carbocycles. The van der Waals surface area contributed by atoms with E-state index in [-0.39, 0.29) is 0 Å². The van der Waals surface area contributed by atoms with Crippen molar-refractivity contribution in [2.45, 2.75) is 19.9 Å². The van der Waals surface area contributed by atoms with Crippen LogP contribution in [0.25, 0.3) is 0 Å². The van der Waals surface area contributed by atoms with Gasteiger partial charge in [0, 0.05) is 21.3 Å². The molecule has 0 atom stereocenters. The zero-order valence-corrected chi connectivity index (χ0v) is 11.6. The summed E-state index contributed by atoms with van der Waals surface area (Å²) in [6, 6.07) is 2.18. The van der Waals surface area contributed by atoms with Crippen molar-refractivity contribution < 1.29 is 0 Å². The van der Waals surface area contributed by atoms with Gasteiger partial charge >= 0.3 is 0 Å². The Balaban J connectivity index is 1.99. The minimum Gasteiger partial charge on any atom is -0.312 e. The van der Waals surface area contributed by atoms with Gasteiger partial charge in [-0.2, -0.15) is 11.8 Å². The first-order valence-electron chi connectivity index (χ1n) is 4.84. The van der Waals surface area contributed by atoms with Crippen LogP contribution in [0.5, 0.6) is 0 Å². The van der Waals surface area contributed by atoms with Crippen LogP contribution in [0.3, 0.4) is 0 Å². The van der Waals surface area contributed by atoms with Gasteiger partial charge in [-0.25, -0.2) is 0 Å². The summed E-state index contributed by atoms with van der Waals surface area (Å²) in [6.07, 6.45) is 1.27. The first-order valence-corrected chi connectivity index (χ1v) is 7.67. The second-order valence-corrected chi connectivity index (χ2v) is 6.26. The van der Waals surface area contributed by atoms with Gasteiger partial charge in [0.25, 0.3) is 0 Å². The standard InChI is InChI=1S/C10H16BrNS2/c1-2-13-5-3-4-12-7-10-6-9(11)8-14-10/h6,8,12H,2-5,7H2,1H3. The molecule has 0 saturated heterocycles. The number of halogens is 1. The first kappa shape index (κ1) is 12.6. The molecule has 1 nitrogen and oxygen atoms in total. The minimum absolute atomic E-state index is 1.01. The lowest BCUT2D eigenvalue weighted by atomic mass is 10.4. The molecule has 14 heavy (non-hydrogen) atoms. The zero-order chi connectivity index (χ0) is 10.2. The topological polar surface area (TPSA) is 12.0 Å². The largest absolute Gasteiger partial charge is 0.312 e. The Bertz CT molecular complexity index is 250. The van der Waals surface area contributed by atoms with Crippen molar-refractivity contribution in [3.63, 3.8) is 0 Å². The fraction of sp³-hybridized carbons (Fsp3) is 0.600. The van der Waals surface area contributed by atoms with E-state index in [0.29, 0.717) is 0 Å². The van der Waals surface area contributed by atoms with E-state index in [0.717, 1.165) is 13.1 Å². The van der Waals surface area contributed by atoms with Crippen LogP contribution in [0.15, 0.2) is 15.9 Å². The van der Waals surface area contributed by atoms with Crippen LogP contribution in [0.1, 0.15) is 18.2 Å². The molecule has 0 unspecified atom stereocenters. The Hall–Kier alpha value is 0.490. The van der Waals surface area contributed by atoms with Crippen LogP contribution in [0.2, 0.25) is 0 Å². The van der Waals surface area contributed by atoms with Gasteiger partial charge in [0.2, 0.25) is 0 Å². The average Bonchev–Trinajstić information content (AvgIpc) is 2.58. The Kier molecular flexibility index (Phi) is 6.94. The molecule has 4 heteroatoms. The van der Waals surface area contributed by atoms with Gasteiger partial charge in [-0.15, -0.1) is 11.3 Å². The van der Waals surface area contributed by atoms with Crippen LogP contribution in [0, 0.1) is 0 Å². The van der Waals surface area contributed by atoms with Gasteiger partial charge in [0.05, 0.1) is 0 Å². The van der Waals surface area contributed by atoms with Gasteiger partial charge in [-0.05, 0) is 46.5 Å². The van der Waals surface area contributed by atoms with Crippen molar-refractivity contribution in [3.8, 4) is 0 Å². The summed E-state index contributed by atoms with van der Waals surface area (Å²) in [4.78, 5) is 1.40. The van der Waals surface area contributed by atoms with Crippen molar-refractivity contribution in [1.82, 2.24) is 5.32 Å². The lowest BCUT2D eigenvalue weighted by molar-refractivity contribution is 0.685. The van der Waals surface area contributed by atoms with Gasteiger partial charge in [0.15, 0.2) is 0 Å². The van der Waals surface area contributed by atoms with Crippen molar-refractivity contribution in [3.05, 3.63) is 20.8 Å². The molecule has 0 aliphatic heterocycles. The summed E-state index contributed by atoms with van der Waals surface area (Å²) < 4.78 is 1.20. The molecule has 0 aliphatic carbocycles. The number of thioether (sulfide) groups is 1. The third kappa shape index (κ3) is 5.39. The lowest BCUT2D eigenvalue weighted by Crippen LogP contribution is -2.14. The summed E-state index contributed by atoms with van der Waals surface area (Å²) in [5, 5.41) is 5.58. The number of hydrogen-bond donors (Lipinski definition) is 1. The van der Waals surface area contributed by atoms with Crippen LogP contribution in [-0.2, 0) is 6.54 Å². The Labute approximate surface area is 103 Å². The highest BCUT2D eigenvalue weighted by Gasteiger charge is 1.96. The molecule has 1 heterocycles. The van der Waals surface area contributed by atoms with Crippen molar-refractivity contribution in [2.24, 2.45) is 0 Å². The number of hydrogen-bond acceptors (Lipinski definition) is 3. The smallest absolute Gasteiger partial charge is 0.0300 e. The van der Waals surface area contributed by atoms with E-state index in [1.54, 1.807) is 11.3 Å². The van der Waals surface area contributed by atoms with Gasteiger partial charge in [0.1, 0.15) is 0 Å². The molecule has 80 valence electrons. The van der Waals surface area contributed by atoms with Gasteiger partial charge < -0.3 is 5.32 Å². The fourth-order valence-corrected chi connectivity index (χ4v) is 3.16. The normalized spacial score (nSPS) is 10.7. The maximum atomic E-state index is 3.45. The number of rotatable bonds is 7. The summed E-state index contributed by atoms with van der Waals surface area (Å²) in [7, 11) is 0. The molecule has 0 radical (unpaired) electrons. The van der Waals surface area contributed by atoms with Crippen molar-refractivity contribution in [2.75, 3.05) is 18.1 Å². The SMILES string of the molecule is CCSCCCNCc1cc(Br)cs1. The molecule has 0 spiro atoms. The summed E-state index contributed by atoms with van der Waals surface area (Å²) in [5.74, 6) is 2.51. The van der Waals surface area contributed by atoms with Crippen molar-refractivity contribution >= 4 is 39.0 Å².